The molecule has 0 saturated heterocycles. The molecule has 0 aromatic carbocycles. The number of pyridine rings is 1. The van der Waals surface area contributed by atoms with Crippen molar-refractivity contribution in [2.75, 3.05) is 0 Å². The Balaban J connectivity index is 2.47. The predicted molar refractivity (Wildman–Crippen MR) is 44.3 cm³/mol. The Hall–Kier alpha value is -1.45. The molecule has 1 amide bonds. The third kappa shape index (κ3) is 1.09. The maximum absolute atomic E-state index is 13.2. The van der Waals surface area contributed by atoms with E-state index in [9.17, 15) is 9.18 Å². The van der Waals surface area contributed by atoms with Crippen LogP contribution in [0.5, 0.6) is 0 Å². The molecule has 1 aliphatic carbocycles. The average Bonchev–Trinajstić information content (AvgIpc) is 2.85. The zero-order chi connectivity index (χ0) is 9.47. The average molecular weight is 180 g/mol. The third-order valence-corrected chi connectivity index (χ3v) is 2.50. The molecule has 13 heavy (non-hydrogen) atoms. The molecule has 2 rings (SSSR count). The van der Waals surface area contributed by atoms with Gasteiger partial charge in [-0.15, -0.1) is 0 Å². The number of nitrogens with zero attached hydrogens (tertiary/aromatic N) is 1. The van der Waals surface area contributed by atoms with Gasteiger partial charge in [0.15, 0.2) is 0 Å². The molecule has 1 aromatic heterocycles. The minimum atomic E-state index is -0.766. The van der Waals surface area contributed by atoms with Gasteiger partial charge in [-0.3, -0.25) is 4.79 Å². The van der Waals surface area contributed by atoms with E-state index in [2.05, 4.69) is 4.98 Å². The highest BCUT2D eigenvalue weighted by Gasteiger charge is 2.51. The molecule has 0 bridgehead atoms. The zero-order valence-electron chi connectivity index (χ0n) is 6.96. The van der Waals surface area contributed by atoms with Crippen molar-refractivity contribution in [3.05, 3.63) is 29.8 Å². The summed E-state index contributed by atoms with van der Waals surface area (Å²) in [6.07, 6.45) is 2.62. The van der Waals surface area contributed by atoms with Crippen LogP contribution < -0.4 is 5.73 Å². The van der Waals surface area contributed by atoms with E-state index in [1.807, 2.05) is 0 Å². The van der Waals surface area contributed by atoms with Crippen molar-refractivity contribution in [3.8, 4) is 0 Å². The molecule has 0 aliphatic heterocycles. The molecule has 1 saturated carbocycles. The highest BCUT2D eigenvalue weighted by Crippen LogP contribution is 2.48. The lowest BCUT2D eigenvalue weighted by Crippen LogP contribution is -2.29. The fourth-order valence-corrected chi connectivity index (χ4v) is 1.52. The van der Waals surface area contributed by atoms with E-state index in [1.54, 1.807) is 12.1 Å². The summed E-state index contributed by atoms with van der Waals surface area (Å²) < 4.78 is 13.2. The molecule has 0 spiro atoms. The van der Waals surface area contributed by atoms with E-state index in [0.29, 0.717) is 18.4 Å². The summed E-state index contributed by atoms with van der Waals surface area (Å²) in [5.41, 5.74) is 4.77. The molecular weight excluding hydrogens is 171 g/mol. The van der Waals surface area contributed by atoms with E-state index >= 15 is 0 Å². The Kier molecular flexibility index (Phi) is 1.58. The van der Waals surface area contributed by atoms with Gasteiger partial charge in [-0.1, -0.05) is 6.07 Å². The fourth-order valence-electron chi connectivity index (χ4n) is 1.52. The van der Waals surface area contributed by atoms with Crippen molar-refractivity contribution >= 4 is 5.91 Å². The summed E-state index contributed by atoms with van der Waals surface area (Å²) in [7, 11) is 0. The van der Waals surface area contributed by atoms with Crippen LogP contribution in [0.3, 0.4) is 0 Å². The number of hydrogen-bond donors (Lipinski definition) is 1. The molecule has 1 aliphatic rings. The number of nitrogens with two attached hydrogens (primary N) is 1. The number of hydrogen-bond acceptors (Lipinski definition) is 2. The lowest BCUT2D eigenvalue weighted by atomic mass is 9.97. The minimum absolute atomic E-state index is 0.336. The summed E-state index contributed by atoms with van der Waals surface area (Å²) in [4.78, 5) is 14.6. The van der Waals surface area contributed by atoms with E-state index < -0.39 is 17.3 Å². The predicted octanol–water partition coefficient (Wildman–Crippen LogP) is 0.738. The Morgan fingerprint density at radius 1 is 1.62 bits per heavy atom. The molecule has 1 aromatic rings. The molecule has 4 heteroatoms. The van der Waals surface area contributed by atoms with Gasteiger partial charge >= 0.3 is 0 Å². The quantitative estimate of drug-likeness (QED) is 0.682. The van der Waals surface area contributed by atoms with Crippen molar-refractivity contribution < 1.29 is 9.18 Å². The maximum atomic E-state index is 13.2. The number of aromatic nitrogens is 1. The smallest absolute Gasteiger partial charge is 0.228 e. The van der Waals surface area contributed by atoms with Crippen LogP contribution in [0, 0.1) is 5.95 Å². The number of carbonyl (C=O) groups excluding carboxylic acids is 1. The lowest BCUT2D eigenvalue weighted by molar-refractivity contribution is -0.120. The van der Waals surface area contributed by atoms with Gasteiger partial charge in [0, 0.05) is 11.8 Å². The van der Waals surface area contributed by atoms with Gasteiger partial charge < -0.3 is 5.73 Å². The largest absolute Gasteiger partial charge is 0.369 e. The molecule has 1 fully saturated rings. The number of primary amides is 1. The number of rotatable bonds is 2. The van der Waals surface area contributed by atoms with Gasteiger partial charge in [0.25, 0.3) is 0 Å². The van der Waals surface area contributed by atoms with E-state index in [0.717, 1.165) is 0 Å². The van der Waals surface area contributed by atoms with Crippen molar-refractivity contribution in [1.29, 1.82) is 0 Å². The Labute approximate surface area is 74.8 Å². The van der Waals surface area contributed by atoms with Crippen LogP contribution in [0.2, 0.25) is 0 Å². The zero-order valence-corrected chi connectivity index (χ0v) is 6.96. The third-order valence-electron chi connectivity index (χ3n) is 2.50. The highest BCUT2D eigenvalue weighted by atomic mass is 19.1. The highest BCUT2D eigenvalue weighted by molar-refractivity contribution is 5.89. The number of amides is 1. The van der Waals surface area contributed by atoms with Gasteiger partial charge in [0.2, 0.25) is 11.9 Å². The first-order valence-corrected chi connectivity index (χ1v) is 4.08. The van der Waals surface area contributed by atoms with Crippen LogP contribution >= 0.6 is 0 Å². The molecule has 3 nitrogen and oxygen atoms in total. The van der Waals surface area contributed by atoms with Gasteiger partial charge in [-0.2, -0.15) is 4.39 Å². The summed E-state index contributed by atoms with van der Waals surface area (Å²) in [5, 5.41) is 0. The Morgan fingerprint density at radius 2 is 2.31 bits per heavy atom. The maximum Gasteiger partial charge on any atom is 0.228 e. The molecule has 0 unspecified atom stereocenters. The Bertz CT molecular complexity index is 360. The van der Waals surface area contributed by atoms with Crippen molar-refractivity contribution in [3.63, 3.8) is 0 Å². The molecule has 0 radical (unpaired) electrons. The van der Waals surface area contributed by atoms with E-state index in [1.165, 1.54) is 6.20 Å². The molecule has 0 atom stereocenters. The monoisotopic (exact) mass is 180 g/mol. The fraction of sp³-hybridized carbons (Fsp3) is 0.333. The number of halogens is 1. The first-order valence-electron chi connectivity index (χ1n) is 4.08. The first kappa shape index (κ1) is 8.16. The summed E-state index contributed by atoms with van der Waals surface area (Å²) in [6.45, 7) is 0. The summed E-state index contributed by atoms with van der Waals surface area (Å²) in [6, 6.07) is 3.18. The lowest BCUT2D eigenvalue weighted by Gasteiger charge is -2.10. The summed E-state index contributed by atoms with van der Waals surface area (Å²) in [5.74, 6) is -1.04. The topological polar surface area (TPSA) is 56.0 Å². The van der Waals surface area contributed by atoms with Crippen LogP contribution in [0.4, 0.5) is 4.39 Å². The van der Waals surface area contributed by atoms with Gasteiger partial charge in [0.1, 0.15) is 0 Å². The van der Waals surface area contributed by atoms with Crippen LogP contribution in [0.15, 0.2) is 18.3 Å². The van der Waals surface area contributed by atoms with Gasteiger partial charge in [-0.05, 0) is 18.9 Å². The van der Waals surface area contributed by atoms with E-state index in [-0.39, 0.29) is 0 Å². The van der Waals surface area contributed by atoms with Crippen LogP contribution in [0.25, 0.3) is 0 Å². The van der Waals surface area contributed by atoms with Crippen molar-refractivity contribution in [2.45, 2.75) is 18.3 Å². The van der Waals surface area contributed by atoms with Gasteiger partial charge in [-0.25, -0.2) is 4.98 Å². The second-order valence-corrected chi connectivity index (χ2v) is 3.29. The van der Waals surface area contributed by atoms with Gasteiger partial charge in [0.05, 0.1) is 5.41 Å². The SMILES string of the molecule is NC(=O)C1(c2cccnc2F)CC1. The van der Waals surface area contributed by atoms with Crippen LogP contribution in [-0.2, 0) is 10.2 Å². The molecule has 1 heterocycles. The molecule has 68 valence electrons. The normalized spacial score (nSPS) is 18.2. The van der Waals surface area contributed by atoms with Crippen molar-refractivity contribution in [2.24, 2.45) is 5.73 Å². The van der Waals surface area contributed by atoms with E-state index in [4.69, 9.17) is 5.73 Å². The van der Waals surface area contributed by atoms with Crippen LogP contribution in [-0.4, -0.2) is 10.9 Å². The summed E-state index contributed by atoms with van der Waals surface area (Å²) >= 11 is 0. The number of carbonyl (C=O) groups is 1. The second kappa shape index (κ2) is 2.52. The minimum Gasteiger partial charge on any atom is -0.369 e. The molecule has 2 N–H and O–H groups in total. The first-order chi connectivity index (χ1) is 6.17. The Morgan fingerprint density at radius 3 is 2.77 bits per heavy atom. The standard InChI is InChI=1S/C9H9FN2O/c10-7-6(2-1-5-12-7)9(3-4-9)8(11)13/h1-2,5H,3-4H2,(H2,11,13). The van der Waals surface area contributed by atoms with Crippen LogP contribution in [0.1, 0.15) is 18.4 Å². The molecular formula is C9H9FN2O. The second-order valence-electron chi connectivity index (χ2n) is 3.29. The van der Waals surface area contributed by atoms with Crippen molar-refractivity contribution in [1.82, 2.24) is 4.98 Å².